The highest BCUT2D eigenvalue weighted by molar-refractivity contribution is 8.00. The van der Waals surface area contributed by atoms with Crippen LogP contribution < -0.4 is 5.73 Å². The third kappa shape index (κ3) is 4.01. The molecule has 0 saturated carbocycles. The molecule has 1 aromatic carbocycles. The standard InChI is InChI=1S/C13H19NO3S/c1-13(2,11(14)12(16)17)18-8-10(15)9-6-4-3-5-7-9/h3-7,10-11,15H,8,14H2,1-2H3,(H,16,17)/t10?,11-/m1/s1. The number of benzene rings is 1. The maximum Gasteiger partial charge on any atom is 0.321 e. The highest BCUT2D eigenvalue weighted by atomic mass is 32.2. The molecule has 1 rings (SSSR count). The summed E-state index contributed by atoms with van der Waals surface area (Å²) in [6.45, 7) is 3.54. The Labute approximate surface area is 111 Å². The summed E-state index contributed by atoms with van der Waals surface area (Å²) in [7, 11) is 0. The molecule has 1 unspecified atom stereocenters. The molecule has 18 heavy (non-hydrogen) atoms. The predicted octanol–water partition coefficient (Wildman–Crippen LogP) is 1.64. The summed E-state index contributed by atoms with van der Waals surface area (Å²) in [5.41, 5.74) is 6.44. The zero-order valence-electron chi connectivity index (χ0n) is 10.5. The van der Waals surface area contributed by atoms with E-state index < -0.39 is 22.9 Å². The first-order chi connectivity index (χ1) is 8.34. The maximum absolute atomic E-state index is 10.9. The number of carboxylic acid groups (broad SMARTS) is 1. The van der Waals surface area contributed by atoms with Crippen LogP contribution in [0.3, 0.4) is 0 Å². The summed E-state index contributed by atoms with van der Waals surface area (Å²) >= 11 is 1.36. The SMILES string of the molecule is CC(C)(SCC(O)c1ccccc1)[C@H](N)C(=O)O. The summed E-state index contributed by atoms with van der Waals surface area (Å²) < 4.78 is -0.623. The number of hydrogen-bond donors (Lipinski definition) is 3. The number of nitrogens with two attached hydrogens (primary N) is 1. The molecule has 5 heteroatoms. The highest BCUT2D eigenvalue weighted by Gasteiger charge is 2.33. The van der Waals surface area contributed by atoms with Crippen LogP contribution in [0.2, 0.25) is 0 Å². The van der Waals surface area contributed by atoms with E-state index in [9.17, 15) is 9.90 Å². The van der Waals surface area contributed by atoms with Gasteiger partial charge in [-0.1, -0.05) is 30.3 Å². The number of aliphatic hydroxyl groups is 1. The van der Waals surface area contributed by atoms with Crippen LogP contribution in [0.1, 0.15) is 25.5 Å². The average molecular weight is 269 g/mol. The van der Waals surface area contributed by atoms with Crippen LogP contribution in [0.25, 0.3) is 0 Å². The molecule has 0 aliphatic rings. The molecule has 100 valence electrons. The van der Waals surface area contributed by atoms with E-state index in [2.05, 4.69) is 0 Å². The molecule has 0 aliphatic heterocycles. The molecule has 0 bridgehead atoms. The Kier molecular flexibility index (Phi) is 5.19. The summed E-state index contributed by atoms with van der Waals surface area (Å²) in [6.07, 6.45) is -0.614. The van der Waals surface area contributed by atoms with Gasteiger partial charge in [-0.15, -0.1) is 0 Å². The van der Waals surface area contributed by atoms with Gasteiger partial charge in [0.25, 0.3) is 0 Å². The van der Waals surface area contributed by atoms with Gasteiger partial charge < -0.3 is 15.9 Å². The minimum atomic E-state index is -1.03. The maximum atomic E-state index is 10.9. The second kappa shape index (κ2) is 6.22. The molecule has 0 amide bonds. The van der Waals surface area contributed by atoms with Crippen LogP contribution in [0.5, 0.6) is 0 Å². The van der Waals surface area contributed by atoms with Crippen LogP contribution in [0.15, 0.2) is 30.3 Å². The normalized spacial score (nSPS) is 15.1. The van der Waals surface area contributed by atoms with E-state index >= 15 is 0 Å². The summed E-state index contributed by atoms with van der Waals surface area (Å²) in [6, 6.07) is 8.33. The molecule has 0 radical (unpaired) electrons. The molecule has 0 aliphatic carbocycles. The molecule has 4 nitrogen and oxygen atoms in total. The second-order valence-electron chi connectivity index (χ2n) is 4.66. The zero-order chi connectivity index (χ0) is 13.8. The Hall–Kier alpha value is -1.04. The van der Waals surface area contributed by atoms with Crippen molar-refractivity contribution in [3.8, 4) is 0 Å². The third-order valence-corrected chi connectivity index (χ3v) is 4.29. The fraction of sp³-hybridized carbons (Fsp3) is 0.462. The molecule has 0 spiro atoms. The first-order valence-corrected chi connectivity index (χ1v) is 6.68. The molecule has 1 aromatic rings. The number of carboxylic acids is 1. The van der Waals surface area contributed by atoms with Crippen molar-refractivity contribution in [2.45, 2.75) is 30.7 Å². The molecule has 0 heterocycles. The van der Waals surface area contributed by atoms with Crippen LogP contribution in [0, 0.1) is 0 Å². The van der Waals surface area contributed by atoms with Crippen molar-refractivity contribution < 1.29 is 15.0 Å². The Morgan fingerprint density at radius 2 is 1.94 bits per heavy atom. The number of hydrogen-bond acceptors (Lipinski definition) is 4. The lowest BCUT2D eigenvalue weighted by atomic mass is 10.1. The molecule has 4 N–H and O–H groups in total. The average Bonchev–Trinajstić information content (AvgIpc) is 2.36. The van der Waals surface area contributed by atoms with Crippen LogP contribution in [0.4, 0.5) is 0 Å². The summed E-state index contributed by atoms with van der Waals surface area (Å²) in [5, 5.41) is 18.9. The Balaban J connectivity index is 2.57. The fourth-order valence-electron chi connectivity index (χ4n) is 1.45. The topological polar surface area (TPSA) is 83.5 Å². The zero-order valence-corrected chi connectivity index (χ0v) is 11.4. The highest BCUT2D eigenvalue weighted by Crippen LogP contribution is 2.31. The lowest BCUT2D eigenvalue weighted by molar-refractivity contribution is -0.139. The molecular weight excluding hydrogens is 250 g/mol. The van der Waals surface area contributed by atoms with Crippen molar-refractivity contribution in [3.05, 3.63) is 35.9 Å². The third-order valence-electron chi connectivity index (χ3n) is 2.81. The molecular formula is C13H19NO3S. The first-order valence-electron chi connectivity index (χ1n) is 5.70. The van der Waals surface area contributed by atoms with Crippen molar-refractivity contribution in [2.75, 3.05) is 5.75 Å². The van der Waals surface area contributed by atoms with Crippen LogP contribution in [-0.4, -0.2) is 32.7 Å². The van der Waals surface area contributed by atoms with Crippen molar-refractivity contribution in [2.24, 2.45) is 5.73 Å². The molecule has 0 fully saturated rings. The number of thioether (sulfide) groups is 1. The van der Waals surface area contributed by atoms with Crippen molar-refractivity contribution in [1.29, 1.82) is 0 Å². The smallest absolute Gasteiger partial charge is 0.321 e. The van der Waals surface area contributed by atoms with Gasteiger partial charge in [-0.05, 0) is 19.4 Å². The number of carbonyl (C=O) groups is 1. The van der Waals surface area contributed by atoms with Crippen LogP contribution >= 0.6 is 11.8 Å². The summed E-state index contributed by atoms with van der Waals surface area (Å²) in [4.78, 5) is 10.9. The van der Waals surface area contributed by atoms with Gasteiger partial charge in [-0.3, -0.25) is 4.79 Å². The lowest BCUT2D eigenvalue weighted by Crippen LogP contribution is -2.47. The van der Waals surface area contributed by atoms with Gasteiger partial charge in [-0.2, -0.15) is 11.8 Å². The number of aliphatic hydroxyl groups excluding tert-OH is 1. The van der Waals surface area contributed by atoms with Gasteiger partial charge in [0.1, 0.15) is 6.04 Å². The van der Waals surface area contributed by atoms with E-state index in [1.54, 1.807) is 13.8 Å². The van der Waals surface area contributed by atoms with Crippen molar-refractivity contribution >= 4 is 17.7 Å². The predicted molar refractivity (Wildman–Crippen MR) is 73.6 cm³/mol. The van der Waals surface area contributed by atoms with E-state index in [-0.39, 0.29) is 0 Å². The van der Waals surface area contributed by atoms with Gasteiger partial charge in [0, 0.05) is 10.5 Å². The largest absolute Gasteiger partial charge is 0.480 e. The van der Waals surface area contributed by atoms with Crippen molar-refractivity contribution in [1.82, 2.24) is 0 Å². The summed E-state index contributed by atoms with van der Waals surface area (Å²) in [5.74, 6) is -0.612. The van der Waals surface area contributed by atoms with Gasteiger partial charge >= 0.3 is 5.97 Å². The number of rotatable bonds is 6. The van der Waals surface area contributed by atoms with Gasteiger partial charge in [0.05, 0.1) is 6.10 Å². The minimum absolute atomic E-state index is 0.415. The Morgan fingerprint density at radius 1 is 1.39 bits per heavy atom. The number of aliphatic carboxylic acids is 1. The molecule has 0 saturated heterocycles. The monoisotopic (exact) mass is 269 g/mol. The van der Waals surface area contributed by atoms with E-state index in [0.29, 0.717) is 5.75 Å². The van der Waals surface area contributed by atoms with E-state index in [1.165, 1.54) is 11.8 Å². The minimum Gasteiger partial charge on any atom is -0.480 e. The van der Waals surface area contributed by atoms with Gasteiger partial charge in [0.15, 0.2) is 0 Å². The van der Waals surface area contributed by atoms with E-state index in [1.807, 2.05) is 30.3 Å². The van der Waals surface area contributed by atoms with Gasteiger partial charge in [0.2, 0.25) is 0 Å². The molecule has 2 atom stereocenters. The molecule has 0 aromatic heterocycles. The Morgan fingerprint density at radius 3 is 2.44 bits per heavy atom. The first kappa shape index (κ1) is 15.0. The Bertz CT molecular complexity index is 394. The quantitative estimate of drug-likeness (QED) is 0.731. The second-order valence-corrected chi connectivity index (χ2v) is 6.33. The van der Waals surface area contributed by atoms with E-state index in [4.69, 9.17) is 10.8 Å². The van der Waals surface area contributed by atoms with Crippen LogP contribution in [-0.2, 0) is 4.79 Å². The van der Waals surface area contributed by atoms with Crippen molar-refractivity contribution in [3.63, 3.8) is 0 Å². The lowest BCUT2D eigenvalue weighted by Gasteiger charge is -2.29. The fourth-order valence-corrected chi connectivity index (χ4v) is 2.51. The van der Waals surface area contributed by atoms with E-state index in [0.717, 1.165) is 5.56 Å². The van der Waals surface area contributed by atoms with Gasteiger partial charge in [-0.25, -0.2) is 0 Å².